The van der Waals surface area contributed by atoms with Gasteiger partial charge in [-0.05, 0) is 38.5 Å². The summed E-state index contributed by atoms with van der Waals surface area (Å²) in [4.78, 5) is 13.6. The molecule has 0 fully saturated rings. The van der Waals surface area contributed by atoms with E-state index in [9.17, 15) is 18.0 Å². The smallest absolute Gasteiger partial charge is 0.416 e. The minimum Gasteiger partial charge on any atom is -0.443 e. The molecule has 0 atom stereocenters. The molecule has 2 rings (SSSR count). The van der Waals surface area contributed by atoms with Crippen LogP contribution in [0.3, 0.4) is 0 Å². The lowest BCUT2D eigenvalue weighted by Crippen LogP contribution is -2.38. The van der Waals surface area contributed by atoms with Gasteiger partial charge in [0.25, 0.3) is 0 Å². The van der Waals surface area contributed by atoms with E-state index in [0.717, 1.165) is 12.1 Å². The van der Waals surface area contributed by atoms with Crippen LogP contribution >= 0.6 is 0 Å². The number of carbonyl (C=O) groups excluding carboxylic acids is 1. The predicted molar refractivity (Wildman–Crippen MR) is 78.1 cm³/mol. The van der Waals surface area contributed by atoms with Gasteiger partial charge in [-0.3, -0.25) is 4.90 Å². The van der Waals surface area contributed by atoms with Crippen molar-refractivity contribution < 1.29 is 22.7 Å². The molecule has 0 spiro atoms. The van der Waals surface area contributed by atoms with Crippen LogP contribution in [0.25, 0.3) is 0 Å². The van der Waals surface area contributed by atoms with Crippen LogP contribution in [-0.4, -0.2) is 18.2 Å². The van der Waals surface area contributed by atoms with Gasteiger partial charge in [-0.1, -0.05) is 19.9 Å². The maximum absolute atomic E-state index is 12.9. The van der Waals surface area contributed by atoms with Crippen molar-refractivity contribution in [2.45, 2.75) is 51.8 Å². The van der Waals surface area contributed by atoms with Crippen LogP contribution < -0.4 is 4.90 Å². The number of amides is 1. The lowest BCUT2D eigenvalue weighted by Gasteiger charge is -2.26. The lowest BCUT2D eigenvalue weighted by atomic mass is 9.86. The third-order valence-corrected chi connectivity index (χ3v) is 3.51. The highest BCUT2D eigenvalue weighted by Crippen LogP contribution is 2.43. The quantitative estimate of drug-likeness (QED) is 0.692. The molecule has 0 saturated heterocycles. The van der Waals surface area contributed by atoms with Crippen LogP contribution in [0.5, 0.6) is 0 Å². The maximum atomic E-state index is 12.9. The van der Waals surface area contributed by atoms with Crippen molar-refractivity contribution in [3.8, 4) is 0 Å². The summed E-state index contributed by atoms with van der Waals surface area (Å²) in [7, 11) is 0. The fourth-order valence-corrected chi connectivity index (χ4v) is 2.55. The number of hydrogen-bond donors (Lipinski definition) is 0. The Bertz CT molecular complexity index is 600. The number of nitrogens with zero attached hydrogens (tertiary/aromatic N) is 1. The van der Waals surface area contributed by atoms with Gasteiger partial charge >= 0.3 is 12.3 Å². The maximum Gasteiger partial charge on any atom is 0.416 e. The second-order valence-electron chi connectivity index (χ2n) is 7.18. The topological polar surface area (TPSA) is 29.5 Å². The molecule has 1 aromatic carbocycles. The predicted octanol–water partition coefficient (Wildman–Crippen LogP) is 4.74. The molecule has 0 unspecified atom stereocenters. The molecule has 1 heterocycles. The van der Waals surface area contributed by atoms with Crippen molar-refractivity contribution in [3.63, 3.8) is 0 Å². The highest BCUT2D eigenvalue weighted by atomic mass is 19.4. The van der Waals surface area contributed by atoms with Crippen LogP contribution in [0.4, 0.5) is 23.7 Å². The SMILES string of the molecule is CC(C)(C)OC(=O)N1CC(C)(C)c2ccc(C(F)(F)F)cc21. The summed E-state index contributed by atoms with van der Waals surface area (Å²) in [5, 5.41) is 0. The molecule has 1 amide bonds. The zero-order valence-electron chi connectivity index (χ0n) is 13.3. The molecule has 1 aliphatic rings. The zero-order chi connectivity index (χ0) is 16.9. The van der Waals surface area contributed by atoms with Gasteiger partial charge in [-0.15, -0.1) is 0 Å². The number of rotatable bonds is 0. The number of benzene rings is 1. The molecular weight excluding hydrogens is 295 g/mol. The molecule has 6 heteroatoms. The fraction of sp³-hybridized carbons (Fsp3) is 0.562. The van der Waals surface area contributed by atoms with Crippen LogP contribution in [0.1, 0.15) is 45.7 Å². The molecule has 0 radical (unpaired) electrons. The minimum absolute atomic E-state index is 0.272. The molecule has 1 aromatic rings. The van der Waals surface area contributed by atoms with E-state index in [1.807, 2.05) is 13.8 Å². The summed E-state index contributed by atoms with van der Waals surface area (Å²) >= 11 is 0. The molecule has 122 valence electrons. The van der Waals surface area contributed by atoms with Crippen LogP contribution in [0.2, 0.25) is 0 Å². The Labute approximate surface area is 128 Å². The van der Waals surface area contributed by atoms with Gasteiger partial charge in [0, 0.05) is 12.0 Å². The molecule has 0 saturated carbocycles. The summed E-state index contributed by atoms with van der Waals surface area (Å²) in [6.07, 6.45) is -5.07. The first-order valence-electron chi connectivity index (χ1n) is 7.03. The van der Waals surface area contributed by atoms with Gasteiger partial charge in [-0.2, -0.15) is 13.2 Å². The van der Waals surface area contributed by atoms with Crippen molar-refractivity contribution in [3.05, 3.63) is 29.3 Å². The molecule has 22 heavy (non-hydrogen) atoms. The van der Waals surface area contributed by atoms with E-state index in [-0.39, 0.29) is 5.69 Å². The van der Waals surface area contributed by atoms with Gasteiger partial charge in [-0.25, -0.2) is 4.79 Å². The number of hydrogen-bond acceptors (Lipinski definition) is 2. The van der Waals surface area contributed by atoms with Crippen molar-refractivity contribution in [2.75, 3.05) is 11.4 Å². The first kappa shape index (κ1) is 16.6. The van der Waals surface area contributed by atoms with Gasteiger partial charge in [0.05, 0.1) is 11.3 Å². The van der Waals surface area contributed by atoms with E-state index in [2.05, 4.69) is 0 Å². The Kier molecular flexibility index (Phi) is 3.70. The second-order valence-corrected chi connectivity index (χ2v) is 7.18. The number of carbonyl (C=O) groups is 1. The van der Waals surface area contributed by atoms with Crippen LogP contribution in [-0.2, 0) is 16.3 Å². The van der Waals surface area contributed by atoms with Crippen molar-refractivity contribution in [1.29, 1.82) is 0 Å². The first-order valence-corrected chi connectivity index (χ1v) is 7.03. The Balaban J connectivity index is 2.45. The molecule has 1 aliphatic heterocycles. The Morgan fingerprint density at radius 1 is 1.23 bits per heavy atom. The molecule has 0 aromatic heterocycles. The van der Waals surface area contributed by atoms with E-state index in [0.29, 0.717) is 12.1 Å². The monoisotopic (exact) mass is 315 g/mol. The summed E-state index contributed by atoms with van der Waals surface area (Å²) in [5.41, 5.74) is -0.903. The van der Waals surface area contributed by atoms with Gasteiger partial charge < -0.3 is 4.74 Å². The Morgan fingerprint density at radius 3 is 2.32 bits per heavy atom. The normalized spacial score (nSPS) is 17.4. The summed E-state index contributed by atoms with van der Waals surface area (Å²) < 4.78 is 44.0. The highest BCUT2D eigenvalue weighted by molar-refractivity contribution is 5.91. The van der Waals surface area contributed by atoms with E-state index in [1.54, 1.807) is 20.8 Å². The second kappa shape index (κ2) is 4.89. The number of anilines is 1. The number of ether oxygens (including phenoxy) is 1. The Morgan fingerprint density at radius 2 is 1.82 bits per heavy atom. The lowest BCUT2D eigenvalue weighted by molar-refractivity contribution is -0.137. The molecule has 0 aliphatic carbocycles. The molecular formula is C16H20F3NO2. The third-order valence-electron chi connectivity index (χ3n) is 3.51. The van der Waals surface area contributed by atoms with Gasteiger partial charge in [0.1, 0.15) is 5.60 Å². The summed E-state index contributed by atoms with van der Waals surface area (Å²) in [5.74, 6) is 0. The minimum atomic E-state index is -4.44. The number of fused-ring (bicyclic) bond motifs is 1. The number of alkyl halides is 3. The average molecular weight is 315 g/mol. The zero-order valence-corrected chi connectivity index (χ0v) is 13.3. The van der Waals surface area contributed by atoms with Gasteiger partial charge in [0.2, 0.25) is 0 Å². The van der Waals surface area contributed by atoms with Crippen LogP contribution in [0, 0.1) is 0 Å². The fourth-order valence-electron chi connectivity index (χ4n) is 2.55. The van der Waals surface area contributed by atoms with Crippen LogP contribution in [0.15, 0.2) is 18.2 Å². The summed E-state index contributed by atoms with van der Waals surface area (Å²) in [6.45, 7) is 9.24. The molecule has 0 bridgehead atoms. The van der Waals surface area contributed by atoms with E-state index < -0.39 is 28.8 Å². The molecule has 0 N–H and O–H groups in total. The van der Waals surface area contributed by atoms with Gasteiger partial charge in [0.15, 0.2) is 0 Å². The van der Waals surface area contributed by atoms with E-state index in [4.69, 9.17) is 4.74 Å². The first-order chi connectivity index (χ1) is 9.81. The van der Waals surface area contributed by atoms with E-state index in [1.165, 1.54) is 11.0 Å². The average Bonchev–Trinajstić information content (AvgIpc) is 2.58. The number of halogens is 3. The van der Waals surface area contributed by atoms with E-state index >= 15 is 0 Å². The van der Waals surface area contributed by atoms with Crippen molar-refractivity contribution in [2.24, 2.45) is 0 Å². The third kappa shape index (κ3) is 3.20. The summed E-state index contributed by atoms with van der Waals surface area (Å²) in [6, 6.07) is 3.52. The molecule has 3 nitrogen and oxygen atoms in total. The standard InChI is InChI=1S/C16H20F3NO2/c1-14(2,3)22-13(21)20-9-15(4,5)11-7-6-10(8-12(11)20)16(17,18)19/h6-8H,9H2,1-5H3. The largest absolute Gasteiger partial charge is 0.443 e. The Hall–Kier alpha value is -1.72. The highest BCUT2D eigenvalue weighted by Gasteiger charge is 2.41. The van der Waals surface area contributed by atoms with Crippen molar-refractivity contribution in [1.82, 2.24) is 0 Å². The van der Waals surface area contributed by atoms with Crippen molar-refractivity contribution >= 4 is 11.8 Å².